The van der Waals surface area contributed by atoms with Crippen LogP contribution in [0.4, 0.5) is 4.39 Å². The van der Waals surface area contributed by atoms with E-state index < -0.39 is 0 Å². The van der Waals surface area contributed by atoms with Crippen molar-refractivity contribution >= 4 is 0 Å². The van der Waals surface area contributed by atoms with Crippen LogP contribution in [0.3, 0.4) is 0 Å². The van der Waals surface area contributed by atoms with E-state index in [0.29, 0.717) is 17.4 Å². The fraction of sp³-hybridized carbons (Fsp3) is 0.571. The highest BCUT2D eigenvalue weighted by atomic mass is 19.1. The minimum atomic E-state index is -0.304. The van der Waals surface area contributed by atoms with Crippen LogP contribution >= 0.6 is 0 Å². The molecule has 3 atom stereocenters. The van der Waals surface area contributed by atoms with Crippen LogP contribution in [0, 0.1) is 17.7 Å². The SMILES string of the molecule is COc1cccc(C(N)C2CCCC2C)c1F. The zero-order chi connectivity index (χ0) is 12.4. The van der Waals surface area contributed by atoms with Gasteiger partial charge in [-0.25, -0.2) is 4.39 Å². The molecule has 0 amide bonds. The third-order valence-corrected chi connectivity index (χ3v) is 3.96. The summed E-state index contributed by atoms with van der Waals surface area (Å²) in [5.41, 5.74) is 6.81. The van der Waals surface area contributed by atoms with Crippen molar-refractivity contribution in [3.8, 4) is 5.75 Å². The predicted octanol–water partition coefficient (Wildman–Crippen LogP) is 3.27. The molecule has 1 aromatic carbocycles. The zero-order valence-electron chi connectivity index (χ0n) is 10.4. The summed E-state index contributed by atoms with van der Waals surface area (Å²) in [6.45, 7) is 2.20. The van der Waals surface area contributed by atoms with E-state index in [-0.39, 0.29) is 17.6 Å². The van der Waals surface area contributed by atoms with E-state index in [1.807, 2.05) is 0 Å². The number of halogens is 1. The lowest BCUT2D eigenvalue weighted by molar-refractivity contribution is 0.335. The van der Waals surface area contributed by atoms with E-state index >= 15 is 0 Å². The van der Waals surface area contributed by atoms with E-state index in [0.717, 1.165) is 6.42 Å². The van der Waals surface area contributed by atoms with Gasteiger partial charge in [-0.1, -0.05) is 31.9 Å². The normalized spacial score (nSPS) is 25.9. The van der Waals surface area contributed by atoms with Gasteiger partial charge in [-0.05, 0) is 24.3 Å². The minimum absolute atomic E-state index is 0.220. The predicted molar refractivity (Wildman–Crippen MR) is 66.4 cm³/mol. The van der Waals surface area contributed by atoms with Crippen molar-refractivity contribution in [1.82, 2.24) is 0 Å². The molecule has 0 radical (unpaired) electrons. The molecule has 2 rings (SSSR count). The average molecular weight is 237 g/mol. The molecule has 1 aliphatic rings. The minimum Gasteiger partial charge on any atom is -0.494 e. The van der Waals surface area contributed by atoms with Gasteiger partial charge in [-0.2, -0.15) is 0 Å². The lowest BCUT2D eigenvalue weighted by atomic mass is 9.86. The van der Waals surface area contributed by atoms with E-state index in [4.69, 9.17) is 10.5 Å². The van der Waals surface area contributed by atoms with Gasteiger partial charge in [0.05, 0.1) is 7.11 Å². The lowest BCUT2D eigenvalue weighted by Gasteiger charge is -2.24. The Labute approximate surface area is 102 Å². The molecular formula is C14H20FNO. The molecule has 3 heteroatoms. The van der Waals surface area contributed by atoms with Crippen LogP contribution in [0.25, 0.3) is 0 Å². The molecule has 0 spiro atoms. The second kappa shape index (κ2) is 5.05. The molecule has 1 aliphatic carbocycles. The molecule has 0 saturated heterocycles. The molecule has 2 N–H and O–H groups in total. The standard InChI is InChI=1S/C14H20FNO/c1-9-5-3-6-10(9)14(16)11-7-4-8-12(17-2)13(11)15/h4,7-10,14H,3,5-6,16H2,1-2H3. The first-order chi connectivity index (χ1) is 8.15. The molecule has 1 fully saturated rings. The number of rotatable bonds is 3. The fourth-order valence-corrected chi connectivity index (χ4v) is 2.88. The Morgan fingerprint density at radius 3 is 2.76 bits per heavy atom. The van der Waals surface area contributed by atoms with Crippen LogP contribution in [0.15, 0.2) is 18.2 Å². The Balaban J connectivity index is 2.27. The Hall–Kier alpha value is -1.09. The molecule has 0 aromatic heterocycles. The highest BCUT2D eigenvalue weighted by molar-refractivity contribution is 5.33. The maximum absolute atomic E-state index is 14.1. The van der Waals surface area contributed by atoms with Crippen LogP contribution < -0.4 is 10.5 Å². The number of hydrogen-bond donors (Lipinski definition) is 1. The second-order valence-electron chi connectivity index (χ2n) is 4.96. The first-order valence-corrected chi connectivity index (χ1v) is 6.23. The zero-order valence-corrected chi connectivity index (χ0v) is 10.4. The van der Waals surface area contributed by atoms with E-state index in [2.05, 4.69) is 6.92 Å². The molecule has 0 heterocycles. The number of ether oxygens (including phenoxy) is 1. The van der Waals surface area contributed by atoms with Crippen LogP contribution in [-0.2, 0) is 0 Å². The summed E-state index contributed by atoms with van der Waals surface area (Å²) in [7, 11) is 1.48. The van der Waals surface area contributed by atoms with Crippen molar-refractivity contribution < 1.29 is 9.13 Å². The number of benzene rings is 1. The van der Waals surface area contributed by atoms with Gasteiger partial charge in [0.2, 0.25) is 0 Å². The molecule has 1 saturated carbocycles. The van der Waals surface area contributed by atoms with Crippen molar-refractivity contribution in [2.45, 2.75) is 32.2 Å². The highest BCUT2D eigenvalue weighted by Crippen LogP contribution is 2.40. The molecular weight excluding hydrogens is 217 g/mol. The third-order valence-electron chi connectivity index (χ3n) is 3.96. The van der Waals surface area contributed by atoms with Gasteiger partial charge >= 0.3 is 0 Å². The summed E-state index contributed by atoms with van der Waals surface area (Å²) >= 11 is 0. The van der Waals surface area contributed by atoms with E-state index in [9.17, 15) is 4.39 Å². The van der Waals surface area contributed by atoms with Gasteiger partial charge in [0.1, 0.15) is 0 Å². The maximum Gasteiger partial charge on any atom is 0.169 e. The van der Waals surface area contributed by atoms with E-state index in [1.165, 1.54) is 20.0 Å². The molecule has 3 unspecified atom stereocenters. The summed E-state index contributed by atoms with van der Waals surface area (Å²) < 4.78 is 19.1. The molecule has 94 valence electrons. The van der Waals surface area contributed by atoms with Crippen LogP contribution in [0.1, 0.15) is 37.8 Å². The summed E-state index contributed by atoms with van der Waals surface area (Å²) in [5, 5.41) is 0. The molecule has 0 aliphatic heterocycles. The third kappa shape index (κ3) is 2.29. The summed E-state index contributed by atoms with van der Waals surface area (Å²) in [6, 6.07) is 4.98. The van der Waals surface area contributed by atoms with E-state index in [1.54, 1.807) is 18.2 Å². The summed E-state index contributed by atoms with van der Waals surface area (Å²) in [5.74, 6) is 0.942. The van der Waals surface area contributed by atoms with Crippen molar-refractivity contribution in [3.05, 3.63) is 29.6 Å². The summed E-state index contributed by atoms with van der Waals surface area (Å²) in [4.78, 5) is 0. The van der Waals surface area contributed by atoms with Crippen LogP contribution in [0.2, 0.25) is 0 Å². The van der Waals surface area contributed by atoms with Crippen molar-refractivity contribution in [1.29, 1.82) is 0 Å². The lowest BCUT2D eigenvalue weighted by Crippen LogP contribution is -2.24. The van der Waals surface area contributed by atoms with Gasteiger partial charge in [0.15, 0.2) is 11.6 Å². The van der Waals surface area contributed by atoms with Crippen LogP contribution in [0.5, 0.6) is 5.75 Å². The van der Waals surface area contributed by atoms with Crippen LogP contribution in [-0.4, -0.2) is 7.11 Å². The molecule has 2 nitrogen and oxygen atoms in total. The molecule has 0 bridgehead atoms. The summed E-state index contributed by atoms with van der Waals surface area (Å²) in [6.07, 6.45) is 3.49. The van der Waals surface area contributed by atoms with Crippen molar-refractivity contribution in [3.63, 3.8) is 0 Å². The van der Waals surface area contributed by atoms with Crippen molar-refractivity contribution in [2.75, 3.05) is 7.11 Å². The average Bonchev–Trinajstić information content (AvgIpc) is 2.75. The van der Waals surface area contributed by atoms with Crippen molar-refractivity contribution in [2.24, 2.45) is 17.6 Å². The topological polar surface area (TPSA) is 35.2 Å². The smallest absolute Gasteiger partial charge is 0.169 e. The monoisotopic (exact) mass is 237 g/mol. The van der Waals surface area contributed by atoms with Gasteiger partial charge < -0.3 is 10.5 Å². The van der Waals surface area contributed by atoms with Gasteiger partial charge in [-0.15, -0.1) is 0 Å². The van der Waals surface area contributed by atoms with Gasteiger partial charge in [-0.3, -0.25) is 0 Å². The highest BCUT2D eigenvalue weighted by Gasteiger charge is 2.31. The fourth-order valence-electron chi connectivity index (χ4n) is 2.88. The van der Waals surface area contributed by atoms with Gasteiger partial charge in [0.25, 0.3) is 0 Å². The second-order valence-corrected chi connectivity index (χ2v) is 4.96. The number of nitrogens with two attached hydrogens (primary N) is 1. The first-order valence-electron chi connectivity index (χ1n) is 6.23. The molecule has 1 aromatic rings. The Morgan fingerprint density at radius 1 is 1.41 bits per heavy atom. The Morgan fingerprint density at radius 2 is 2.18 bits per heavy atom. The molecule has 17 heavy (non-hydrogen) atoms. The quantitative estimate of drug-likeness (QED) is 0.875. The first kappa shape index (κ1) is 12.4. The Bertz CT molecular complexity index is 394. The largest absolute Gasteiger partial charge is 0.494 e. The number of methoxy groups -OCH3 is 1. The number of hydrogen-bond acceptors (Lipinski definition) is 2. The Kier molecular flexibility index (Phi) is 3.67. The maximum atomic E-state index is 14.1. The van der Waals surface area contributed by atoms with Gasteiger partial charge in [0, 0.05) is 11.6 Å².